The van der Waals surface area contributed by atoms with Gasteiger partial charge in [-0.3, -0.25) is 4.79 Å². The molecule has 0 unspecified atom stereocenters. The van der Waals surface area contributed by atoms with E-state index < -0.39 is 5.97 Å². The molecule has 0 atom stereocenters. The number of carbonyl (C=O) groups is 2. The molecule has 0 fully saturated rings. The second-order valence-corrected chi connectivity index (χ2v) is 4.24. The highest BCUT2D eigenvalue weighted by molar-refractivity contribution is 6.10. The molecule has 0 saturated heterocycles. The smallest absolute Gasteiger partial charge is 0.343 e. The number of hydrogen-bond donors (Lipinski definition) is 1. The maximum Gasteiger partial charge on any atom is 0.343 e. The largest absolute Gasteiger partial charge is 0.508 e. The van der Waals surface area contributed by atoms with Crippen LogP contribution in [0, 0.1) is 0 Å². The predicted molar refractivity (Wildman–Crippen MR) is 75.5 cm³/mol. The van der Waals surface area contributed by atoms with Gasteiger partial charge in [-0.2, -0.15) is 0 Å². The zero-order chi connectivity index (χ0) is 15.2. The Hall–Kier alpha value is -2.82. The van der Waals surface area contributed by atoms with E-state index in [1.165, 1.54) is 25.3 Å². The van der Waals surface area contributed by atoms with Crippen molar-refractivity contribution >= 4 is 11.8 Å². The second-order valence-electron chi connectivity index (χ2n) is 4.24. The molecule has 5 heteroatoms. The van der Waals surface area contributed by atoms with Crippen molar-refractivity contribution in [2.75, 3.05) is 13.7 Å². The number of ether oxygens (including phenoxy) is 2. The highest BCUT2D eigenvalue weighted by atomic mass is 16.6. The molecule has 0 radical (unpaired) electrons. The summed E-state index contributed by atoms with van der Waals surface area (Å²) < 4.78 is 9.76. The molecule has 2 rings (SSSR count). The fourth-order valence-electron chi connectivity index (χ4n) is 1.76. The summed E-state index contributed by atoms with van der Waals surface area (Å²) in [5.74, 6) is -0.695. The highest BCUT2D eigenvalue weighted by Crippen LogP contribution is 2.26. The van der Waals surface area contributed by atoms with Crippen molar-refractivity contribution in [3.8, 4) is 11.5 Å². The molecule has 0 bridgehead atoms. The van der Waals surface area contributed by atoms with Crippen LogP contribution in [0.5, 0.6) is 11.5 Å². The summed E-state index contributed by atoms with van der Waals surface area (Å²) in [5.41, 5.74) is 0.649. The van der Waals surface area contributed by atoms with E-state index >= 15 is 0 Å². The minimum atomic E-state index is -0.554. The van der Waals surface area contributed by atoms with Gasteiger partial charge in [0.2, 0.25) is 0 Å². The third-order valence-electron chi connectivity index (χ3n) is 2.82. The Morgan fingerprint density at radius 2 is 1.81 bits per heavy atom. The van der Waals surface area contributed by atoms with Gasteiger partial charge in [-0.05, 0) is 18.2 Å². The van der Waals surface area contributed by atoms with E-state index in [0.717, 1.165) is 0 Å². The van der Waals surface area contributed by atoms with E-state index in [2.05, 4.69) is 4.74 Å². The van der Waals surface area contributed by atoms with Gasteiger partial charge < -0.3 is 14.6 Å². The lowest BCUT2D eigenvalue weighted by atomic mass is 10.0. The third kappa shape index (κ3) is 3.60. The van der Waals surface area contributed by atoms with Crippen LogP contribution in [0.4, 0.5) is 0 Å². The van der Waals surface area contributed by atoms with Crippen molar-refractivity contribution in [3.05, 3.63) is 59.7 Å². The van der Waals surface area contributed by atoms with Gasteiger partial charge in [0.05, 0.1) is 12.7 Å². The van der Waals surface area contributed by atoms with Gasteiger partial charge in [-0.25, -0.2) is 4.79 Å². The molecular formula is C16H14O5. The van der Waals surface area contributed by atoms with Gasteiger partial charge in [0.25, 0.3) is 0 Å². The van der Waals surface area contributed by atoms with Crippen LogP contribution in [0.15, 0.2) is 48.5 Å². The average molecular weight is 286 g/mol. The first-order valence-electron chi connectivity index (χ1n) is 6.24. The molecule has 0 spiro atoms. The van der Waals surface area contributed by atoms with Crippen molar-refractivity contribution in [3.63, 3.8) is 0 Å². The number of benzene rings is 2. The monoisotopic (exact) mass is 286 g/mol. The van der Waals surface area contributed by atoms with Crippen molar-refractivity contribution in [1.82, 2.24) is 0 Å². The average Bonchev–Trinajstić information content (AvgIpc) is 2.53. The lowest BCUT2D eigenvalue weighted by Gasteiger charge is -2.10. The quantitative estimate of drug-likeness (QED) is 0.673. The molecule has 1 N–H and O–H groups in total. The molecule has 0 aliphatic carbocycles. The second kappa shape index (κ2) is 6.56. The molecule has 0 amide bonds. The van der Waals surface area contributed by atoms with E-state index in [1.54, 1.807) is 30.3 Å². The number of carbonyl (C=O) groups excluding carboxylic acids is 2. The molecule has 0 heterocycles. The standard InChI is InChI=1S/C16H14O5/c1-20-15(18)10-21-14-8-7-12(17)9-13(14)16(19)11-5-3-2-4-6-11/h2-9,17H,10H2,1H3. The number of phenols is 1. The molecule has 5 nitrogen and oxygen atoms in total. The summed E-state index contributed by atoms with van der Waals surface area (Å²) in [4.78, 5) is 23.5. The van der Waals surface area contributed by atoms with Gasteiger partial charge in [-0.15, -0.1) is 0 Å². The number of rotatable bonds is 5. The van der Waals surface area contributed by atoms with Crippen LogP contribution in [0.3, 0.4) is 0 Å². The molecule has 21 heavy (non-hydrogen) atoms. The van der Waals surface area contributed by atoms with Crippen molar-refractivity contribution in [2.24, 2.45) is 0 Å². The molecule has 108 valence electrons. The summed E-state index contributed by atoms with van der Waals surface area (Å²) in [6.07, 6.45) is 0. The Morgan fingerprint density at radius 3 is 2.48 bits per heavy atom. The normalized spacial score (nSPS) is 9.95. The van der Waals surface area contributed by atoms with Crippen LogP contribution in [-0.4, -0.2) is 30.6 Å². The Kier molecular flexibility index (Phi) is 4.56. The van der Waals surface area contributed by atoms with Gasteiger partial charge in [0.1, 0.15) is 11.5 Å². The summed E-state index contributed by atoms with van der Waals surface area (Å²) in [7, 11) is 1.25. The summed E-state index contributed by atoms with van der Waals surface area (Å²) in [6.45, 7) is -0.309. The number of ketones is 1. The minimum Gasteiger partial charge on any atom is -0.508 e. The van der Waals surface area contributed by atoms with Gasteiger partial charge >= 0.3 is 5.97 Å². The van der Waals surface area contributed by atoms with E-state index in [1.807, 2.05) is 0 Å². The maximum atomic E-state index is 12.4. The molecule has 0 aromatic heterocycles. The summed E-state index contributed by atoms with van der Waals surface area (Å²) in [5, 5.41) is 9.56. The molecule has 0 aliphatic rings. The fourth-order valence-corrected chi connectivity index (χ4v) is 1.76. The highest BCUT2D eigenvalue weighted by Gasteiger charge is 2.16. The zero-order valence-corrected chi connectivity index (χ0v) is 11.4. The van der Waals surface area contributed by atoms with E-state index in [-0.39, 0.29) is 29.5 Å². The fraction of sp³-hybridized carbons (Fsp3) is 0.125. The van der Waals surface area contributed by atoms with E-state index in [9.17, 15) is 14.7 Å². The van der Waals surface area contributed by atoms with Crippen molar-refractivity contribution in [2.45, 2.75) is 0 Å². The SMILES string of the molecule is COC(=O)COc1ccc(O)cc1C(=O)c1ccccc1. The number of phenolic OH excluding ortho intramolecular Hbond substituents is 1. The first-order chi connectivity index (χ1) is 10.1. The van der Waals surface area contributed by atoms with Gasteiger partial charge in [0.15, 0.2) is 12.4 Å². The van der Waals surface area contributed by atoms with Crippen LogP contribution in [0.1, 0.15) is 15.9 Å². The summed E-state index contributed by atoms with van der Waals surface area (Å²) >= 11 is 0. The lowest BCUT2D eigenvalue weighted by molar-refractivity contribution is -0.142. The zero-order valence-electron chi connectivity index (χ0n) is 11.4. The number of aromatic hydroxyl groups is 1. The molecule has 2 aromatic carbocycles. The Morgan fingerprint density at radius 1 is 1.10 bits per heavy atom. The van der Waals surface area contributed by atoms with E-state index in [0.29, 0.717) is 5.56 Å². The van der Waals surface area contributed by atoms with Crippen LogP contribution in [0.25, 0.3) is 0 Å². The number of methoxy groups -OCH3 is 1. The van der Waals surface area contributed by atoms with Crippen LogP contribution in [-0.2, 0) is 9.53 Å². The Balaban J connectivity index is 2.31. The topological polar surface area (TPSA) is 72.8 Å². The predicted octanol–water partition coefficient (Wildman–Crippen LogP) is 2.17. The van der Waals surface area contributed by atoms with Crippen LogP contribution in [0.2, 0.25) is 0 Å². The number of hydrogen-bond acceptors (Lipinski definition) is 5. The molecule has 0 saturated carbocycles. The molecule has 2 aromatic rings. The molecule has 0 aliphatic heterocycles. The first-order valence-corrected chi connectivity index (χ1v) is 6.24. The summed E-state index contributed by atoms with van der Waals surface area (Å²) in [6, 6.07) is 12.7. The number of esters is 1. The van der Waals surface area contributed by atoms with Crippen LogP contribution < -0.4 is 4.74 Å². The maximum absolute atomic E-state index is 12.4. The molecular weight excluding hydrogens is 272 g/mol. The first kappa shape index (κ1) is 14.6. The van der Waals surface area contributed by atoms with E-state index in [4.69, 9.17) is 4.74 Å². The van der Waals surface area contributed by atoms with Crippen molar-refractivity contribution in [1.29, 1.82) is 0 Å². The third-order valence-corrected chi connectivity index (χ3v) is 2.82. The van der Waals surface area contributed by atoms with Crippen LogP contribution >= 0.6 is 0 Å². The Bertz CT molecular complexity index is 649. The minimum absolute atomic E-state index is 0.0558. The van der Waals surface area contributed by atoms with Crippen molar-refractivity contribution < 1.29 is 24.2 Å². The van der Waals surface area contributed by atoms with Gasteiger partial charge in [0, 0.05) is 5.56 Å². The Labute approximate surface area is 121 Å². The lowest BCUT2D eigenvalue weighted by Crippen LogP contribution is -2.14. The van der Waals surface area contributed by atoms with Gasteiger partial charge in [-0.1, -0.05) is 30.3 Å².